The van der Waals surface area contributed by atoms with E-state index in [2.05, 4.69) is 67.7 Å². The molecule has 0 amide bonds. The van der Waals surface area contributed by atoms with Gasteiger partial charge in [-0.05, 0) is 153 Å². The van der Waals surface area contributed by atoms with Crippen LogP contribution in [0.4, 0.5) is 8.78 Å². The Bertz CT molecular complexity index is 2280. The first-order valence-corrected chi connectivity index (χ1v) is 34.4. The maximum Gasteiger partial charge on any atom is 0.311 e. The number of aliphatic hydroxyl groups is 2. The van der Waals surface area contributed by atoms with Crippen LogP contribution in [0.15, 0.2) is 72.3 Å². The van der Waals surface area contributed by atoms with Crippen LogP contribution in [-0.4, -0.2) is 121 Å². The maximum atomic E-state index is 16.3. The lowest BCUT2D eigenvalue weighted by Crippen LogP contribution is -2.44. The third-order valence-electron chi connectivity index (χ3n) is 15.4. The fourth-order valence-corrected chi connectivity index (χ4v) is 10.6. The van der Waals surface area contributed by atoms with Gasteiger partial charge in [0, 0.05) is 36.9 Å². The van der Waals surface area contributed by atoms with Gasteiger partial charge >= 0.3 is 11.9 Å². The van der Waals surface area contributed by atoms with Gasteiger partial charge in [-0.3, -0.25) is 9.59 Å². The van der Waals surface area contributed by atoms with E-state index in [1.54, 1.807) is 100.0 Å². The fraction of sp³-hybridized carbons (Fsp3) is 0.714. The van der Waals surface area contributed by atoms with Crippen molar-refractivity contribution in [2.45, 2.75) is 242 Å². The van der Waals surface area contributed by atoms with E-state index in [4.69, 9.17) is 46.7 Å². The normalized spacial score (nSPS) is 19.7. The van der Waals surface area contributed by atoms with Crippen molar-refractivity contribution in [3.8, 4) is 11.5 Å². The number of hydrogen-bond acceptors (Lipinski definition) is 14. The molecule has 3 rings (SSSR count). The zero-order valence-electron chi connectivity index (χ0n) is 53.8. The summed E-state index contributed by atoms with van der Waals surface area (Å²) in [4.78, 5) is 24.4. The summed E-state index contributed by atoms with van der Waals surface area (Å²) in [6.07, 6.45) is -3.95. The molecule has 0 radical (unpaired) electrons. The van der Waals surface area contributed by atoms with E-state index in [0.717, 1.165) is 16.9 Å². The SMILES string of the molecule is COc1ccc(CO[C@H](/C(F)=C\[C@@H](C)[C@H](C)O[Si](C)(C)C(C)(C)C)[C@@H](O)[C@@H](O)CCOC(=O)C(C)(C)C)cc1.COc1ccc(CO[C@H](/C(F)=C\[C@@H](C)[C@H](C)O[Si](C)(C)C(C)(C)C)[C@H]2OC(C)(C)O[C@H]2CCOC(=O)C(C)(C)C)cc1. The summed E-state index contributed by atoms with van der Waals surface area (Å²) in [5.41, 5.74) is 0.299. The van der Waals surface area contributed by atoms with Gasteiger partial charge < -0.3 is 57.0 Å². The molecular weight excluding hydrogens is 1070 g/mol. The second-order valence-electron chi connectivity index (χ2n) is 27.2. The standard InChI is InChI=1S/C33H55FO7Si.C30H51FO7Si/c1-22(23(2)41-42(12,13)32(6,7)8)20-26(34)28(38-21-24-14-16-25(36-11)17-15-24)29-27(39-33(9,10)40-29)18-19-37-30(35)31(3,4)5;1-20(21(2)38-39(10,11)30(6,7)8)18-24(31)27(37-19-22-12-14-23(35-9)15-13-22)26(33)25(32)16-17-36-28(34)29(3,4)5/h14-17,20,22-23,27-29H,18-19,21H2,1-13H3;12-15,18,20-21,25-27,32-33H,16-17,19H2,1-11H3/b26-20+;24-18+/t22-,23+,27+,28-,29+;20-,21+,25+,26+,27-/m11/s1. The Morgan fingerprint density at radius 1 is 0.630 bits per heavy atom. The molecule has 464 valence electrons. The molecule has 2 aromatic carbocycles. The molecule has 2 N–H and O–H groups in total. The number of carbonyl (C=O) groups excluding carboxylic acids is 2. The number of methoxy groups -OCH3 is 2. The first kappa shape index (κ1) is 73.5. The average molecular weight is 1180 g/mol. The highest BCUT2D eigenvalue weighted by atomic mass is 28.4. The van der Waals surface area contributed by atoms with E-state index < -0.39 is 87.5 Å². The number of hydrogen-bond donors (Lipinski definition) is 2. The Balaban J connectivity index is 0.000000555. The number of rotatable bonds is 27. The maximum absolute atomic E-state index is 16.3. The van der Waals surface area contributed by atoms with Crippen molar-refractivity contribution in [3.63, 3.8) is 0 Å². The van der Waals surface area contributed by atoms with Crippen molar-refractivity contribution < 1.29 is 75.3 Å². The molecule has 0 bridgehead atoms. The minimum absolute atomic E-state index is 0.00309. The highest BCUT2D eigenvalue weighted by Gasteiger charge is 2.48. The lowest BCUT2D eigenvalue weighted by molar-refractivity contribution is -0.160. The summed E-state index contributed by atoms with van der Waals surface area (Å²) in [7, 11) is -0.954. The van der Waals surface area contributed by atoms with Crippen LogP contribution in [0.5, 0.6) is 11.5 Å². The molecule has 0 unspecified atom stereocenters. The Hall–Kier alpha value is -3.57. The number of aliphatic hydroxyl groups excluding tert-OH is 2. The number of benzene rings is 2. The summed E-state index contributed by atoms with van der Waals surface area (Å²) >= 11 is 0. The van der Waals surface area contributed by atoms with Crippen LogP contribution in [0.3, 0.4) is 0 Å². The lowest BCUT2D eigenvalue weighted by atomic mass is 9.97. The highest BCUT2D eigenvalue weighted by molar-refractivity contribution is 6.74. The van der Waals surface area contributed by atoms with Crippen molar-refractivity contribution >= 4 is 28.6 Å². The Labute approximate surface area is 488 Å². The van der Waals surface area contributed by atoms with E-state index in [9.17, 15) is 19.8 Å². The summed E-state index contributed by atoms with van der Waals surface area (Å²) < 4.78 is 90.6. The van der Waals surface area contributed by atoms with E-state index in [1.807, 2.05) is 52.0 Å². The van der Waals surface area contributed by atoms with Crippen LogP contribution < -0.4 is 9.47 Å². The monoisotopic (exact) mass is 1180 g/mol. The Kier molecular flexibility index (Phi) is 28.1. The van der Waals surface area contributed by atoms with Crippen molar-refractivity contribution in [1.29, 1.82) is 0 Å². The van der Waals surface area contributed by atoms with E-state index in [0.29, 0.717) is 12.2 Å². The first-order valence-electron chi connectivity index (χ1n) is 28.6. The average Bonchev–Trinajstić information content (AvgIpc) is 3.65. The fourth-order valence-electron chi connectivity index (χ4n) is 7.64. The van der Waals surface area contributed by atoms with Crippen LogP contribution in [0, 0.1) is 22.7 Å². The predicted octanol–water partition coefficient (Wildman–Crippen LogP) is 14.2. The number of halogens is 2. The molecule has 14 nitrogen and oxygen atoms in total. The van der Waals surface area contributed by atoms with Gasteiger partial charge in [-0.1, -0.05) is 79.7 Å². The molecule has 18 heteroatoms. The molecule has 10 atom stereocenters. The lowest BCUT2D eigenvalue weighted by Gasteiger charge is -2.39. The second kappa shape index (κ2) is 31.0. The number of esters is 2. The molecule has 1 fully saturated rings. The molecule has 0 aromatic heterocycles. The zero-order valence-corrected chi connectivity index (χ0v) is 55.8. The largest absolute Gasteiger partial charge is 0.497 e. The molecular formula is C63H106F2O14Si2. The van der Waals surface area contributed by atoms with Gasteiger partial charge in [0.05, 0.1) is 63.7 Å². The molecule has 81 heavy (non-hydrogen) atoms. The van der Waals surface area contributed by atoms with Crippen LogP contribution in [0.2, 0.25) is 36.3 Å². The molecule has 1 aliphatic rings. The van der Waals surface area contributed by atoms with E-state index >= 15 is 8.78 Å². The summed E-state index contributed by atoms with van der Waals surface area (Å²) in [5, 5.41) is 21.6. The van der Waals surface area contributed by atoms with E-state index in [-0.39, 0.29) is 72.9 Å². The van der Waals surface area contributed by atoms with Gasteiger partial charge in [0.15, 0.2) is 22.4 Å². The van der Waals surface area contributed by atoms with Crippen molar-refractivity contribution in [2.24, 2.45) is 22.7 Å². The van der Waals surface area contributed by atoms with Crippen molar-refractivity contribution in [3.05, 3.63) is 83.5 Å². The molecule has 2 aromatic rings. The molecule has 1 aliphatic heterocycles. The quantitative estimate of drug-likeness (QED) is 0.0640. The first-order chi connectivity index (χ1) is 37.0. The zero-order chi connectivity index (χ0) is 62.3. The second-order valence-corrected chi connectivity index (χ2v) is 36.7. The van der Waals surface area contributed by atoms with Crippen molar-refractivity contribution in [2.75, 3.05) is 27.4 Å². The Morgan fingerprint density at radius 2 is 1.02 bits per heavy atom. The predicted molar refractivity (Wildman–Crippen MR) is 321 cm³/mol. The molecule has 1 heterocycles. The third-order valence-corrected chi connectivity index (χ3v) is 24.5. The molecule has 1 saturated heterocycles. The molecule has 0 spiro atoms. The van der Waals surface area contributed by atoms with Gasteiger partial charge in [-0.15, -0.1) is 0 Å². The molecule has 0 saturated carbocycles. The summed E-state index contributed by atoms with van der Waals surface area (Å²) in [6, 6.07) is 14.5. The minimum atomic E-state index is -2.08. The van der Waals surface area contributed by atoms with Crippen LogP contribution in [-0.2, 0) is 60.1 Å². The van der Waals surface area contributed by atoms with Crippen molar-refractivity contribution in [1.82, 2.24) is 0 Å². The van der Waals surface area contributed by atoms with Gasteiger partial charge in [0.25, 0.3) is 0 Å². The smallest absolute Gasteiger partial charge is 0.311 e. The Morgan fingerprint density at radius 3 is 1.42 bits per heavy atom. The van der Waals surface area contributed by atoms with Crippen LogP contribution >= 0.6 is 0 Å². The topological polar surface area (TPSA) is 167 Å². The van der Waals surface area contributed by atoms with Gasteiger partial charge in [-0.2, -0.15) is 0 Å². The molecule has 0 aliphatic carbocycles. The van der Waals surface area contributed by atoms with Crippen LogP contribution in [0.25, 0.3) is 0 Å². The minimum Gasteiger partial charge on any atom is -0.497 e. The van der Waals surface area contributed by atoms with Gasteiger partial charge in [-0.25, -0.2) is 8.78 Å². The van der Waals surface area contributed by atoms with Crippen LogP contribution in [0.1, 0.15) is 149 Å². The third kappa shape index (κ3) is 24.1. The highest BCUT2D eigenvalue weighted by Crippen LogP contribution is 2.41. The number of carbonyl (C=O) groups is 2. The van der Waals surface area contributed by atoms with E-state index in [1.165, 1.54) is 6.08 Å². The number of ether oxygens (including phenoxy) is 8. The summed E-state index contributed by atoms with van der Waals surface area (Å²) in [6.45, 7) is 43.7. The van der Waals surface area contributed by atoms with Gasteiger partial charge in [0.2, 0.25) is 0 Å². The summed E-state index contributed by atoms with van der Waals surface area (Å²) in [5.74, 6) is -1.96. The van der Waals surface area contributed by atoms with Gasteiger partial charge in [0.1, 0.15) is 47.6 Å².